The maximum Gasteiger partial charge on any atom is 0.328 e. The molecule has 1 rings (SSSR count). The lowest BCUT2D eigenvalue weighted by atomic mass is 10.2. The Morgan fingerprint density at radius 2 is 2.05 bits per heavy atom. The topological polar surface area (TPSA) is 60.3 Å². The maximum atomic E-state index is 11.8. The number of hydrogen-bond acceptors (Lipinski definition) is 4. The Labute approximate surface area is 117 Å². The zero-order chi connectivity index (χ0) is 14.1. The third-order valence-electron chi connectivity index (χ3n) is 2.69. The van der Waals surface area contributed by atoms with E-state index in [1.165, 1.54) is 7.11 Å². The number of aryl methyl sites for hydroxylation is 1. The van der Waals surface area contributed by atoms with E-state index >= 15 is 0 Å². The van der Waals surface area contributed by atoms with Crippen molar-refractivity contribution >= 4 is 23.6 Å². The number of aromatic nitrogens is 1. The Kier molecular flexibility index (Phi) is 7.10. The lowest BCUT2D eigenvalue weighted by Crippen LogP contribution is -2.42. The summed E-state index contributed by atoms with van der Waals surface area (Å²) in [7, 11) is 1.33. The van der Waals surface area contributed by atoms with Crippen molar-refractivity contribution in [3.63, 3.8) is 0 Å². The van der Waals surface area contributed by atoms with Gasteiger partial charge in [0.25, 0.3) is 0 Å². The summed E-state index contributed by atoms with van der Waals surface area (Å²) in [5, 5.41) is 2.72. The average Bonchev–Trinajstić information content (AvgIpc) is 2.93. The van der Waals surface area contributed by atoms with Gasteiger partial charge >= 0.3 is 5.97 Å². The summed E-state index contributed by atoms with van der Waals surface area (Å²) >= 11 is 1.63. The minimum atomic E-state index is -0.547. The number of esters is 1. The van der Waals surface area contributed by atoms with Crippen LogP contribution in [-0.2, 0) is 20.9 Å². The quantitative estimate of drug-likeness (QED) is 0.731. The van der Waals surface area contributed by atoms with Gasteiger partial charge in [0.2, 0.25) is 5.91 Å². The van der Waals surface area contributed by atoms with E-state index in [1.807, 2.05) is 35.3 Å². The Morgan fingerprint density at radius 1 is 1.37 bits per heavy atom. The van der Waals surface area contributed by atoms with Gasteiger partial charge in [0.05, 0.1) is 7.11 Å². The molecule has 6 heteroatoms. The highest BCUT2D eigenvalue weighted by molar-refractivity contribution is 7.98. The Morgan fingerprint density at radius 3 is 2.63 bits per heavy atom. The van der Waals surface area contributed by atoms with Crippen molar-refractivity contribution in [3.8, 4) is 0 Å². The van der Waals surface area contributed by atoms with Gasteiger partial charge in [-0.3, -0.25) is 4.79 Å². The summed E-state index contributed by atoms with van der Waals surface area (Å²) in [5.74, 6) is 0.283. The number of nitrogens with one attached hydrogen (secondary N) is 1. The number of carbonyl (C=O) groups is 2. The normalized spacial score (nSPS) is 11.9. The van der Waals surface area contributed by atoms with Crippen LogP contribution in [0.1, 0.15) is 12.8 Å². The molecule has 0 spiro atoms. The second kappa shape index (κ2) is 8.63. The number of ether oxygens (including phenoxy) is 1. The molecule has 0 saturated carbocycles. The molecule has 0 aliphatic carbocycles. The van der Waals surface area contributed by atoms with E-state index in [9.17, 15) is 9.59 Å². The van der Waals surface area contributed by atoms with Gasteiger partial charge in [-0.15, -0.1) is 0 Å². The van der Waals surface area contributed by atoms with Crippen LogP contribution in [0.3, 0.4) is 0 Å². The summed E-state index contributed by atoms with van der Waals surface area (Å²) in [5.41, 5.74) is 0. The monoisotopic (exact) mass is 284 g/mol. The van der Waals surface area contributed by atoms with Crippen LogP contribution in [0.15, 0.2) is 24.5 Å². The Hall–Kier alpha value is -1.43. The predicted molar refractivity (Wildman–Crippen MR) is 76.0 cm³/mol. The van der Waals surface area contributed by atoms with Crippen molar-refractivity contribution in [1.82, 2.24) is 9.88 Å². The molecule has 0 unspecified atom stereocenters. The van der Waals surface area contributed by atoms with Crippen LogP contribution in [0.2, 0.25) is 0 Å². The van der Waals surface area contributed by atoms with Crippen LogP contribution in [0.4, 0.5) is 0 Å². The fourth-order valence-corrected chi connectivity index (χ4v) is 2.11. The predicted octanol–water partition coefficient (Wildman–Crippen LogP) is 1.29. The number of rotatable bonds is 8. The van der Waals surface area contributed by atoms with Crippen molar-refractivity contribution in [1.29, 1.82) is 0 Å². The molecule has 1 heterocycles. The first-order valence-electron chi connectivity index (χ1n) is 6.14. The average molecular weight is 284 g/mol. The van der Waals surface area contributed by atoms with Gasteiger partial charge in [-0.2, -0.15) is 11.8 Å². The smallest absolute Gasteiger partial charge is 0.328 e. The molecule has 0 radical (unpaired) electrons. The number of methoxy groups -OCH3 is 1. The van der Waals surface area contributed by atoms with Crippen LogP contribution in [0.25, 0.3) is 0 Å². The molecule has 5 nitrogen and oxygen atoms in total. The fourth-order valence-electron chi connectivity index (χ4n) is 1.64. The largest absolute Gasteiger partial charge is 0.467 e. The molecule has 1 N–H and O–H groups in total. The SMILES string of the molecule is COC(=O)[C@H](CCSC)NC(=O)CCn1cccc1. The second-order valence-electron chi connectivity index (χ2n) is 4.10. The molecule has 1 aromatic rings. The van der Waals surface area contributed by atoms with E-state index in [0.29, 0.717) is 19.4 Å². The molecule has 1 amide bonds. The minimum absolute atomic E-state index is 0.134. The first-order valence-corrected chi connectivity index (χ1v) is 7.53. The number of thioether (sulfide) groups is 1. The first-order chi connectivity index (χ1) is 9.17. The molecule has 0 saturated heterocycles. The number of carbonyl (C=O) groups excluding carboxylic acids is 2. The summed E-state index contributed by atoms with van der Waals surface area (Å²) < 4.78 is 6.62. The Bertz CT molecular complexity index is 393. The van der Waals surface area contributed by atoms with E-state index in [1.54, 1.807) is 11.8 Å². The molecule has 106 valence electrons. The molecule has 0 bridgehead atoms. The van der Waals surface area contributed by atoms with E-state index in [4.69, 9.17) is 4.74 Å². The maximum absolute atomic E-state index is 11.8. The fraction of sp³-hybridized carbons (Fsp3) is 0.538. The van der Waals surface area contributed by atoms with Crippen molar-refractivity contribution in [2.45, 2.75) is 25.4 Å². The number of nitrogens with zero attached hydrogens (tertiary/aromatic N) is 1. The standard InChI is InChI=1S/C13H20N2O3S/c1-18-13(17)11(6-10-19-2)14-12(16)5-9-15-7-3-4-8-15/h3-4,7-8,11H,5-6,9-10H2,1-2H3,(H,14,16)/t11-/m0/s1. The molecule has 0 aliphatic heterocycles. The van der Waals surface area contributed by atoms with Crippen LogP contribution in [0, 0.1) is 0 Å². The first kappa shape index (κ1) is 15.6. The number of hydrogen-bond donors (Lipinski definition) is 1. The second-order valence-corrected chi connectivity index (χ2v) is 5.08. The minimum Gasteiger partial charge on any atom is -0.467 e. The van der Waals surface area contributed by atoms with Crippen LogP contribution in [-0.4, -0.2) is 41.6 Å². The van der Waals surface area contributed by atoms with Gasteiger partial charge in [-0.05, 0) is 30.6 Å². The molecule has 0 fully saturated rings. The van der Waals surface area contributed by atoms with Crippen molar-refractivity contribution < 1.29 is 14.3 Å². The highest BCUT2D eigenvalue weighted by Crippen LogP contribution is 2.03. The molecule has 0 aromatic carbocycles. The third kappa shape index (κ3) is 5.83. The van der Waals surface area contributed by atoms with E-state index < -0.39 is 6.04 Å². The highest BCUT2D eigenvalue weighted by Gasteiger charge is 2.20. The van der Waals surface area contributed by atoms with Crippen molar-refractivity contribution in [2.75, 3.05) is 19.1 Å². The van der Waals surface area contributed by atoms with Gasteiger partial charge in [-0.1, -0.05) is 0 Å². The molecular formula is C13H20N2O3S. The molecular weight excluding hydrogens is 264 g/mol. The lowest BCUT2D eigenvalue weighted by Gasteiger charge is -2.16. The van der Waals surface area contributed by atoms with E-state index in [0.717, 1.165) is 5.75 Å². The van der Waals surface area contributed by atoms with Crippen molar-refractivity contribution in [2.24, 2.45) is 0 Å². The summed E-state index contributed by atoms with van der Waals surface area (Å²) in [6, 6.07) is 3.27. The number of amides is 1. The molecule has 19 heavy (non-hydrogen) atoms. The molecule has 0 aliphatic rings. The zero-order valence-corrected chi connectivity index (χ0v) is 12.1. The third-order valence-corrected chi connectivity index (χ3v) is 3.34. The van der Waals surface area contributed by atoms with Gasteiger partial charge in [0.15, 0.2) is 0 Å². The van der Waals surface area contributed by atoms with Crippen LogP contribution < -0.4 is 5.32 Å². The Balaban J connectivity index is 2.39. The van der Waals surface area contributed by atoms with Gasteiger partial charge < -0.3 is 14.6 Å². The van der Waals surface area contributed by atoms with Crippen molar-refractivity contribution in [3.05, 3.63) is 24.5 Å². The lowest BCUT2D eigenvalue weighted by molar-refractivity contribution is -0.145. The summed E-state index contributed by atoms with van der Waals surface area (Å²) in [4.78, 5) is 23.3. The summed E-state index contributed by atoms with van der Waals surface area (Å²) in [6.07, 6.45) is 6.70. The van der Waals surface area contributed by atoms with Crippen LogP contribution in [0.5, 0.6) is 0 Å². The van der Waals surface area contributed by atoms with Gasteiger partial charge in [0.1, 0.15) is 6.04 Å². The molecule has 1 aromatic heterocycles. The molecule has 1 atom stereocenters. The van der Waals surface area contributed by atoms with Gasteiger partial charge in [0, 0.05) is 25.4 Å². The van der Waals surface area contributed by atoms with E-state index in [2.05, 4.69) is 5.32 Å². The van der Waals surface area contributed by atoms with E-state index in [-0.39, 0.29) is 11.9 Å². The zero-order valence-electron chi connectivity index (χ0n) is 11.3. The summed E-state index contributed by atoms with van der Waals surface area (Å²) in [6.45, 7) is 0.606. The van der Waals surface area contributed by atoms with Gasteiger partial charge in [-0.25, -0.2) is 4.79 Å². The highest BCUT2D eigenvalue weighted by atomic mass is 32.2. The van der Waals surface area contributed by atoms with Crippen LogP contribution >= 0.6 is 11.8 Å².